The van der Waals surface area contributed by atoms with Crippen LogP contribution in [0.25, 0.3) is 0 Å². The molecule has 0 aliphatic heterocycles. The molecule has 0 amide bonds. The highest BCUT2D eigenvalue weighted by Gasteiger charge is 2.01. The van der Waals surface area contributed by atoms with E-state index in [0.29, 0.717) is 0 Å². The zero-order valence-corrected chi connectivity index (χ0v) is 8.65. The summed E-state index contributed by atoms with van der Waals surface area (Å²) in [6.07, 6.45) is 0.946. The molecule has 0 bridgehead atoms. The highest BCUT2D eigenvalue weighted by atomic mass is 14.6. The second kappa shape index (κ2) is 3.65. The van der Waals surface area contributed by atoms with Gasteiger partial charge in [0.2, 0.25) is 0 Å². The Kier molecular flexibility index (Phi) is 2.76. The summed E-state index contributed by atoms with van der Waals surface area (Å²) in [7, 11) is 0. The summed E-state index contributed by atoms with van der Waals surface area (Å²) in [4.78, 5) is 0. The molecule has 0 heterocycles. The molecule has 0 fully saturated rings. The highest BCUT2D eigenvalue weighted by Crippen LogP contribution is 2.19. The van der Waals surface area contributed by atoms with Crippen LogP contribution in [0.4, 0.5) is 5.69 Å². The van der Waals surface area contributed by atoms with Gasteiger partial charge in [0.05, 0.1) is 0 Å². The average Bonchev–Trinajstić information content (AvgIpc) is 1.98. The third-order valence-corrected chi connectivity index (χ3v) is 2.16. The summed E-state index contributed by atoms with van der Waals surface area (Å²) >= 11 is 0. The van der Waals surface area contributed by atoms with Crippen LogP contribution in [0.1, 0.15) is 23.6 Å². The topological polar surface area (TPSA) is 26.0 Å². The summed E-state index contributed by atoms with van der Waals surface area (Å²) in [5.74, 6) is 0. The molecule has 0 saturated carbocycles. The second-order valence-corrected chi connectivity index (χ2v) is 3.78. The van der Waals surface area contributed by atoms with Crippen LogP contribution in [0.15, 0.2) is 24.3 Å². The Balaban J connectivity index is 3.06. The molecular formula is C12H17N. The van der Waals surface area contributed by atoms with Gasteiger partial charge in [-0.15, -0.1) is 0 Å². The monoisotopic (exact) mass is 175 g/mol. The smallest absolute Gasteiger partial charge is 0.0373 e. The van der Waals surface area contributed by atoms with Gasteiger partial charge in [-0.25, -0.2) is 0 Å². The molecular weight excluding hydrogens is 158 g/mol. The molecule has 70 valence electrons. The lowest BCUT2D eigenvalue weighted by Gasteiger charge is -2.08. The molecule has 2 N–H and O–H groups in total. The van der Waals surface area contributed by atoms with Gasteiger partial charge in [-0.3, -0.25) is 0 Å². The third kappa shape index (κ3) is 2.35. The van der Waals surface area contributed by atoms with Gasteiger partial charge in [-0.1, -0.05) is 24.3 Å². The van der Waals surface area contributed by atoms with E-state index in [1.165, 1.54) is 11.1 Å². The average molecular weight is 175 g/mol. The SMILES string of the molecule is C=C(C)Cc1cc(C)c(N)c(C)c1. The zero-order valence-electron chi connectivity index (χ0n) is 8.65. The quantitative estimate of drug-likeness (QED) is 0.542. The number of rotatable bonds is 2. The summed E-state index contributed by atoms with van der Waals surface area (Å²) in [6, 6.07) is 4.27. The Morgan fingerprint density at radius 3 is 2.15 bits per heavy atom. The van der Waals surface area contributed by atoms with Crippen molar-refractivity contribution in [2.24, 2.45) is 0 Å². The lowest BCUT2D eigenvalue weighted by Crippen LogP contribution is -1.96. The lowest BCUT2D eigenvalue weighted by atomic mass is 10.0. The maximum absolute atomic E-state index is 5.86. The summed E-state index contributed by atoms with van der Waals surface area (Å²) in [5, 5.41) is 0. The fraction of sp³-hybridized carbons (Fsp3) is 0.333. The molecule has 0 aromatic heterocycles. The Hall–Kier alpha value is -1.24. The van der Waals surface area contributed by atoms with Crippen LogP contribution in [0.5, 0.6) is 0 Å². The molecule has 0 aliphatic carbocycles. The van der Waals surface area contributed by atoms with Crippen LogP contribution < -0.4 is 5.73 Å². The first-order valence-corrected chi connectivity index (χ1v) is 4.50. The molecule has 1 rings (SSSR count). The van der Waals surface area contributed by atoms with Crippen molar-refractivity contribution in [1.29, 1.82) is 0 Å². The summed E-state index contributed by atoms with van der Waals surface area (Å²) < 4.78 is 0. The number of benzene rings is 1. The van der Waals surface area contributed by atoms with Crippen molar-refractivity contribution >= 4 is 5.69 Å². The Morgan fingerprint density at radius 2 is 1.77 bits per heavy atom. The van der Waals surface area contributed by atoms with Gasteiger partial charge in [0.15, 0.2) is 0 Å². The summed E-state index contributed by atoms with van der Waals surface area (Å²) in [6.45, 7) is 10.0. The first kappa shape index (κ1) is 9.85. The van der Waals surface area contributed by atoms with E-state index in [1.54, 1.807) is 0 Å². The van der Waals surface area contributed by atoms with Gasteiger partial charge < -0.3 is 5.73 Å². The molecule has 0 spiro atoms. The minimum Gasteiger partial charge on any atom is -0.398 e. The van der Waals surface area contributed by atoms with E-state index in [1.807, 2.05) is 20.8 Å². The molecule has 1 aromatic carbocycles. The van der Waals surface area contributed by atoms with E-state index in [9.17, 15) is 0 Å². The van der Waals surface area contributed by atoms with Gasteiger partial charge in [-0.2, -0.15) is 0 Å². The first-order chi connectivity index (χ1) is 6.00. The van der Waals surface area contributed by atoms with E-state index in [4.69, 9.17) is 5.73 Å². The molecule has 0 atom stereocenters. The molecule has 0 aliphatic rings. The number of allylic oxidation sites excluding steroid dienone is 1. The van der Waals surface area contributed by atoms with Crippen LogP contribution in [0, 0.1) is 13.8 Å². The van der Waals surface area contributed by atoms with E-state index in [2.05, 4.69) is 18.7 Å². The normalized spacial score (nSPS) is 10.1. The fourth-order valence-corrected chi connectivity index (χ4v) is 1.51. The van der Waals surface area contributed by atoms with Gasteiger partial charge in [0.25, 0.3) is 0 Å². The van der Waals surface area contributed by atoms with Crippen LogP contribution in [0.2, 0.25) is 0 Å². The van der Waals surface area contributed by atoms with Crippen molar-refractivity contribution in [3.05, 3.63) is 41.0 Å². The predicted molar refractivity (Wildman–Crippen MR) is 58.8 cm³/mol. The van der Waals surface area contributed by atoms with Crippen molar-refractivity contribution < 1.29 is 0 Å². The number of aryl methyl sites for hydroxylation is 2. The third-order valence-electron chi connectivity index (χ3n) is 2.16. The minimum atomic E-state index is 0.908. The molecule has 1 nitrogen and oxygen atoms in total. The predicted octanol–water partition coefficient (Wildman–Crippen LogP) is 3.00. The fourth-order valence-electron chi connectivity index (χ4n) is 1.51. The molecule has 0 saturated heterocycles. The Bertz CT molecular complexity index is 314. The van der Waals surface area contributed by atoms with Gasteiger partial charge in [0.1, 0.15) is 0 Å². The molecule has 0 radical (unpaired) electrons. The standard InChI is InChI=1S/C12H17N/c1-8(2)5-11-6-9(3)12(13)10(4)7-11/h6-7H,1,5,13H2,2-4H3. The molecule has 1 heteroatoms. The van der Waals surface area contributed by atoms with Gasteiger partial charge in [0, 0.05) is 5.69 Å². The van der Waals surface area contributed by atoms with E-state index >= 15 is 0 Å². The number of hydrogen-bond acceptors (Lipinski definition) is 1. The number of hydrogen-bond donors (Lipinski definition) is 1. The number of nitrogens with two attached hydrogens (primary N) is 1. The zero-order chi connectivity index (χ0) is 10.0. The minimum absolute atomic E-state index is 0.908. The number of nitrogen functional groups attached to an aromatic ring is 1. The lowest BCUT2D eigenvalue weighted by molar-refractivity contribution is 1.14. The highest BCUT2D eigenvalue weighted by molar-refractivity contribution is 5.54. The van der Waals surface area contributed by atoms with Crippen molar-refractivity contribution in [3.63, 3.8) is 0 Å². The Labute approximate surface area is 80.3 Å². The van der Waals surface area contributed by atoms with Crippen LogP contribution in [-0.2, 0) is 6.42 Å². The van der Waals surface area contributed by atoms with Crippen LogP contribution in [-0.4, -0.2) is 0 Å². The van der Waals surface area contributed by atoms with Crippen molar-refractivity contribution in [2.45, 2.75) is 27.2 Å². The van der Waals surface area contributed by atoms with E-state index in [0.717, 1.165) is 23.2 Å². The van der Waals surface area contributed by atoms with Gasteiger partial charge in [-0.05, 0) is 43.9 Å². The molecule has 0 unspecified atom stereocenters. The van der Waals surface area contributed by atoms with Crippen LogP contribution >= 0.6 is 0 Å². The maximum atomic E-state index is 5.86. The van der Waals surface area contributed by atoms with E-state index < -0.39 is 0 Å². The van der Waals surface area contributed by atoms with Crippen LogP contribution in [0.3, 0.4) is 0 Å². The van der Waals surface area contributed by atoms with Crippen molar-refractivity contribution in [1.82, 2.24) is 0 Å². The van der Waals surface area contributed by atoms with Gasteiger partial charge >= 0.3 is 0 Å². The molecule has 1 aromatic rings. The largest absolute Gasteiger partial charge is 0.398 e. The van der Waals surface area contributed by atoms with E-state index in [-0.39, 0.29) is 0 Å². The Morgan fingerprint density at radius 1 is 1.31 bits per heavy atom. The maximum Gasteiger partial charge on any atom is 0.0373 e. The first-order valence-electron chi connectivity index (χ1n) is 4.50. The molecule has 13 heavy (non-hydrogen) atoms. The summed E-state index contributed by atoms with van der Waals surface area (Å²) in [5.41, 5.74) is 11.6. The second-order valence-electron chi connectivity index (χ2n) is 3.78. The van der Waals surface area contributed by atoms with Crippen molar-refractivity contribution in [2.75, 3.05) is 5.73 Å². The van der Waals surface area contributed by atoms with Crippen molar-refractivity contribution in [3.8, 4) is 0 Å². The number of anilines is 1.